The number of aliphatic hydroxyl groups excluding tert-OH is 4. The molecular formula is C36H66O8. The number of unbranched alkanes of at least 4 members (excludes halogenated alkanes) is 10. The zero-order valence-corrected chi connectivity index (χ0v) is 28.2. The van der Waals surface area contributed by atoms with Crippen LogP contribution in [0.5, 0.6) is 0 Å². The van der Waals surface area contributed by atoms with Crippen LogP contribution in [0.3, 0.4) is 0 Å². The van der Waals surface area contributed by atoms with Crippen LogP contribution < -0.4 is 0 Å². The lowest BCUT2D eigenvalue weighted by Gasteiger charge is -2.21. The summed E-state index contributed by atoms with van der Waals surface area (Å²) in [6, 6.07) is 0. The third-order valence-electron chi connectivity index (χ3n) is 9.20. The van der Waals surface area contributed by atoms with E-state index in [1.165, 1.54) is 32.1 Å². The summed E-state index contributed by atoms with van der Waals surface area (Å²) in [5.74, 6) is -0.111. The van der Waals surface area contributed by atoms with Gasteiger partial charge in [-0.05, 0) is 37.5 Å². The number of hydrogen-bond donors (Lipinski definition) is 4. The van der Waals surface area contributed by atoms with E-state index in [9.17, 15) is 30.0 Å². The summed E-state index contributed by atoms with van der Waals surface area (Å²) < 4.78 is 10.5. The predicted octanol–water partition coefficient (Wildman–Crippen LogP) is 6.80. The molecule has 1 aliphatic rings. The molecule has 0 amide bonds. The highest BCUT2D eigenvalue weighted by molar-refractivity contribution is 5.70. The average molecular weight is 627 g/mol. The average Bonchev–Trinajstić information content (AvgIpc) is 3.28. The first-order valence-electron chi connectivity index (χ1n) is 17.9. The van der Waals surface area contributed by atoms with Crippen LogP contribution in [0.25, 0.3) is 0 Å². The van der Waals surface area contributed by atoms with E-state index in [0.717, 1.165) is 70.1 Å². The van der Waals surface area contributed by atoms with Crippen LogP contribution in [0.1, 0.15) is 149 Å². The van der Waals surface area contributed by atoms with E-state index in [-0.39, 0.29) is 43.4 Å². The summed E-state index contributed by atoms with van der Waals surface area (Å²) in [6.07, 6.45) is 19.2. The predicted molar refractivity (Wildman–Crippen MR) is 175 cm³/mol. The van der Waals surface area contributed by atoms with Crippen LogP contribution in [0.4, 0.5) is 0 Å². The van der Waals surface area contributed by atoms with Crippen molar-refractivity contribution in [2.45, 2.75) is 174 Å². The standard InChI is InChI=1S/C36H66O8/c1-4-6-13-19-29(38)23-24-32-31(33(39)25-34(32)40)20-15-11-12-16-21-35(41)43-27-30(26-37)44-36(42)22-17-10-8-7-9-14-18-28(3)5-2/h23-24,28-34,37-40H,4-22,25-27H2,1-3H3/b24-23+/t28?,29-,30-,31+,32+,33-,34+/m0/s1. The van der Waals surface area contributed by atoms with Crippen LogP contribution in [0, 0.1) is 17.8 Å². The Labute approximate surface area is 268 Å². The Morgan fingerprint density at radius 2 is 1.43 bits per heavy atom. The first-order valence-corrected chi connectivity index (χ1v) is 17.9. The third kappa shape index (κ3) is 19.1. The zero-order valence-electron chi connectivity index (χ0n) is 28.2. The molecule has 4 N–H and O–H groups in total. The van der Waals surface area contributed by atoms with E-state index in [1.54, 1.807) is 6.08 Å². The van der Waals surface area contributed by atoms with Gasteiger partial charge in [0.15, 0.2) is 6.10 Å². The molecule has 0 bridgehead atoms. The summed E-state index contributed by atoms with van der Waals surface area (Å²) >= 11 is 0. The Bertz CT molecular complexity index is 756. The summed E-state index contributed by atoms with van der Waals surface area (Å²) in [5.41, 5.74) is 0. The minimum atomic E-state index is -0.834. The fourth-order valence-electron chi connectivity index (χ4n) is 6.04. The molecule has 1 aliphatic carbocycles. The van der Waals surface area contributed by atoms with Crippen molar-refractivity contribution < 1.29 is 39.5 Å². The fourth-order valence-corrected chi connectivity index (χ4v) is 6.04. The van der Waals surface area contributed by atoms with E-state index in [4.69, 9.17) is 9.47 Å². The first kappa shape index (κ1) is 40.5. The Kier molecular flexibility index (Phi) is 23.7. The number of carbonyl (C=O) groups excluding carboxylic acids is 2. The van der Waals surface area contributed by atoms with Gasteiger partial charge < -0.3 is 29.9 Å². The first-order chi connectivity index (χ1) is 21.2. The Hall–Kier alpha value is -1.48. The van der Waals surface area contributed by atoms with Gasteiger partial charge in [0.2, 0.25) is 0 Å². The van der Waals surface area contributed by atoms with Crippen LogP contribution >= 0.6 is 0 Å². The number of esters is 2. The second-order valence-electron chi connectivity index (χ2n) is 13.2. The smallest absolute Gasteiger partial charge is 0.306 e. The molecule has 1 fully saturated rings. The second-order valence-corrected chi connectivity index (χ2v) is 13.2. The summed E-state index contributed by atoms with van der Waals surface area (Å²) in [4.78, 5) is 24.3. The molecule has 0 spiro atoms. The van der Waals surface area contributed by atoms with Crippen LogP contribution in [-0.4, -0.2) is 70.0 Å². The number of rotatable bonds is 27. The minimum Gasteiger partial charge on any atom is -0.462 e. The molecule has 0 heterocycles. The Balaban J connectivity index is 2.16. The number of ether oxygens (including phenoxy) is 2. The molecule has 44 heavy (non-hydrogen) atoms. The highest BCUT2D eigenvalue weighted by atomic mass is 16.6. The molecule has 8 heteroatoms. The molecule has 8 nitrogen and oxygen atoms in total. The molecule has 1 saturated carbocycles. The number of carbonyl (C=O) groups is 2. The normalized spacial score (nSPS) is 22.2. The van der Waals surface area contributed by atoms with Gasteiger partial charge >= 0.3 is 11.9 Å². The maximum Gasteiger partial charge on any atom is 0.306 e. The maximum atomic E-state index is 12.2. The van der Waals surface area contributed by atoms with Gasteiger partial charge in [-0.2, -0.15) is 0 Å². The van der Waals surface area contributed by atoms with Crippen LogP contribution in [0.2, 0.25) is 0 Å². The lowest BCUT2D eigenvalue weighted by molar-refractivity contribution is -0.161. The van der Waals surface area contributed by atoms with Gasteiger partial charge in [0.05, 0.1) is 24.9 Å². The number of aliphatic hydroxyl groups is 4. The number of hydrogen-bond acceptors (Lipinski definition) is 8. The fraction of sp³-hybridized carbons (Fsp3) is 0.889. The van der Waals surface area contributed by atoms with Crippen molar-refractivity contribution >= 4 is 11.9 Å². The van der Waals surface area contributed by atoms with Crippen molar-refractivity contribution in [3.63, 3.8) is 0 Å². The molecule has 0 radical (unpaired) electrons. The molecule has 1 rings (SSSR count). The highest BCUT2D eigenvalue weighted by Crippen LogP contribution is 2.37. The Morgan fingerprint density at radius 3 is 2.09 bits per heavy atom. The molecule has 7 atom stereocenters. The largest absolute Gasteiger partial charge is 0.462 e. The molecule has 1 unspecified atom stereocenters. The molecule has 0 saturated heterocycles. The molecular weight excluding hydrogens is 560 g/mol. The molecule has 0 aromatic rings. The van der Waals surface area contributed by atoms with Crippen LogP contribution in [-0.2, 0) is 19.1 Å². The maximum absolute atomic E-state index is 12.2. The van der Waals surface area contributed by atoms with Gasteiger partial charge in [-0.25, -0.2) is 0 Å². The van der Waals surface area contributed by atoms with Gasteiger partial charge in [-0.15, -0.1) is 0 Å². The van der Waals surface area contributed by atoms with E-state index >= 15 is 0 Å². The van der Waals surface area contributed by atoms with Gasteiger partial charge in [0.25, 0.3) is 0 Å². The van der Waals surface area contributed by atoms with Gasteiger partial charge in [-0.3, -0.25) is 9.59 Å². The quantitative estimate of drug-likeness (QED) is 0.0445. The van der Waals surface area contributed by atoms with Gasteiger partial charge in [-0.1, -0.05) is 116 Å². The van der Waals surface area contributed by atoms with E-state index in [2.05, 4.69) is 20.8 Å². The minimum absolute atomic E-state index is 0.0310. The van der Waals surface area contributed by atoms with Crippen molar-refractivity contribution in [1.29, 1.82) is 0 Å². The molecule has 0 aliphatic heterocycles. The second kappa shape index (κ2) is 25.7. The lowest BCUT2D eigenvalue weighted by Crippen LogP contribution is -2.28. The third-order valence-corrected chi connectivity index (χ3v) is 9.20. The summed E-state index contributed by atoms with van der Waals surface area (Å²) in [5, 5.41) is 40.6. The lowest BCUT2D eigenvalue weighted by atomic mass is 9.88. The van der Waals surface area contributed by atoms with E-state index in [0.29, 0.717) is 25.7 Å². The van der Waals surface area contributed by atoms with E-state index in [1.807, 2.05) is 6.08 Å². The van der Waals surface area contributed by atoms with Crippen molar-refractivity contribution in [2.24, 2.45) is 17.8 Å². The summed E-state index contributed by atoms with van der Waals surface area (Å²) in [6.45, 7) is 6.14. The van der Waals surface area contributed by atoms with Crippen molar-refractivity contribution in [3.05, 3.63) is 12.2 Å². The van der Waals surface area contributed by atoms with E-state index < -0.39 is 24.4 Å². The molecule has 0 aromatic carbocycles. The van der Waals surface area contributed by atoms with Crippen molar-refractivity contribution in [2.75, 3.05) is 13.2 Å². The topological polar surface area (TPSA) is 134 Å². The van der Waals surface area contributed by atoms with Crippen molar-refractivity contribution in [1.82, 2.24) is 0 Å². The van der Waals surface area contributed by atoms with Gasteiger partial charge in [0.1, 0.15) is 6.61 Å². The van der Waals surface area contributed by atoms with Crippen molar-refractivity contribution in [3.8, 4) is 0 Å². The monoisotopic (exact) mass is 626 g/mol. The molecule has 0 aromatic heterocycles. The van der Waals surface area contributed by atoms with Gasteiger partial charge in [0, 0.05) is 25.2 Å². The molecule has 258 valence electrons. The van der Waals surface area contributed by atoms with Crippen LogP contribution in [0.15, 0.2) is 12.2 Å². The zero-order chi connectivity index (χ0) is 32.6. The highest BCUT2D eigenvalue weighted by Gasteiger charge is 2.39. The summed E-state index contributed by atoms with van der Waals surface area (Å²) in [7, 11) is 0. The SMILES string of the molecule is CCCCC[C@H](O)/C=C/[C@@H]1[C@@H](CCCCCCC(=O)OC[C@H](CO)OC(=O)CCCCCCCCC(C)CC)[C@@H](O)C[C@H]1O. The Morgan fingerprint density at radius 1 is 0.818 bits per heavy atom.